The second kappa shape index (κ2) is 11.3. The topological polar surface area (TPSA) is 44.8 Å². The Morgan fingerprint density at radius 1 is 1.03 bits per heavy atom. The number of carbonyl (C=O) groups excluding carboxylic acids is 1. The second-order valence-electron chi connectivity index (χ2n) is 7.14. The molecule has 3 rings (SSSR count). The number of hydrogen-bond acceptors (Lipinski definition) is 3. The third kappa shape index (κ3) is 6.64. The van der Waals surface area contributed by atoms with Crippen molar-refractivity contribution in [2.75, 3.05) is 45.9 Å². The molecule has 2 aromatic rings. The Kier molecular flexibility index (Phi) is 8.13. The monoisotopic (exact) mass is 393 g/mol. The van der Waals surface area contributed by atoms with Gasteiger partial charge in [0.05, 0.1) is 6.54 Å². The highest BCUT2D eigenvalue weighted by Crippen LogP contribution is 2.17. The van der Waals surface area contributed by atoms with Crippen molar-refractivity contribution in [3.8, 4) is 5.75 Å². The van der Waals surface area contributed by atoms with Crippen molar-refractivity contribution in [3.63, 3.8) is 0 Å². The Bertz CT molecular complexity index is 784. The summed E-state index contributed by atoms with van der Waals surface area (Å²) in [6.45, 7) is 7.31. The van der Waals surface area contributed by atoms with E-state index in [2.05, 4.69) is 47.5 Å². The maximum atomic E-state index is 12.4. The summed E-state index contributed by atoms with van der Waals surface area (Å²) in [5.41, 5.74) is 2.41. The summed E-state index contributed by atoms with van der Waals surface area (Å²) in [6.07, 6.45) is 5.28. The molecule has 5 heteroatoms. The Balaban J connectivity index is 1.32. The van der Waals surface area contributed by atoms with Crippen LogP contribution in [0.5, 0.6) is 5.75 Å². The molecule has 0 bridgehead atoms. The number of piperazine rings is 1. The molecule has 0 unspecified atom stereocenters. The summed E-state index contributed by atoms with van der Waals surface area (Å²) >= 11 is 0. The van der Waals surface area contributed by atoms with Gasteiger partial charge in [0.2, 0.25) is 0 Å². The number of nitrogens with one attached hydrogen (secondary N) is 1. The molecule has 0 spiro atoms. The van der Waals surface area contributed by atoms with Crippen LogP contribution < -0.4 is 10.1 Å². The Morgan fingerprint density at radius 2 is 1.76 bits per heavy atom. The summed E-state index contributed by atoms with van der Waals surface area (Å²) in [4.78, 5) is 16.6. The number of urea groups is 1. The molecule has 1 N–H and O–H groups in total. The third-order valence-electron chi connectivity index (χ3n) is 5.12. The van der Waals surface area contributed by atoms with Gasteiger partial charge in [-0.15, -0.1) is 0 Å². The summed E-state index contributed by atoms with van der Waals surface area (Å²) in [5.74, 6) is 0.904. The van der Waals surface area contributed by atoms with Gasteiger partial charge in [0.25, 0.3) is 0 Å². The molecule has 0 radical (unpaired) electrons. The van der Waals surface area contributed by atoms with Gasteiger partial charge in [0.15, 0.2) is 0 Å². The smallest absolute Gasteiger partial charge is 0.317 e. The summed E-state index contributed by atoms with van der Waals surface area (Å²) < 4.78 is 5.81. The molecule has 1 aliphatic heterocycles. The molecular formula is C24H31N3O2. The minimum absolute atomic E-state index is 0.00291. The van der Waals surface area contributed by atoms with Crippen molar-refractivity contribution in [3.05, 3.63) is 71.8 Å². The lowest BCUT2D eigenvalue weighted by Gasteiger charge is -2.34. The van der Waals surface area contributed by atoms with Crippen LogP contribution in [0, 0.1) is 0 Å². The van der Waals surface area contributed by atoms with E-state index in [0.717, 1.165) is 44.9 Å². The molecular weight excluding hydrogens is 362 g/mol. The molecule has 5 nitrogen and oxygen atoms in total. The molecule has 1 heterocycles. The fourth-order valence-electron chi connectivity index (χ4n) is 3.40. The SMILES string of the molecule is CCc1ccccc1OCCNC(=O)N1CCN(C/C=C/c2ccccc2)CC1. The lowest BCUT2D eigenvalue weighted by molar-refractivity contribution is 0.145. The van der Waals surface area contributed by atoms with Gasteiger partial charge < -0.3 is 15.0 Å². The van der Waals surface area contributed by atoms with Crippen LogP contribution in [0.25, 0.3) is 6.08 Å². The number of amides is 2. The van der Waals surface area contributed by atoms with Crippen molar-refractivity contribution in [2.45, 2.75) is 13.3 Å². The minimum Gasteiger partial charge on any atom is -0.491 e. The molecule has 1 fully saturated rings. The number of benzene rings is 2. The van der Waals surface area contributed by atoms with Crippen molar-refractivity contribution in [1.29, 1.82) is 0 Å². The van der Waals surface area contributed by atoms with Crippen LogP contribution in [0.15, 0.2) is 60.7 Å². The predicted molar refractivity (Wildman–Crippen MR) is 118 cm³/mol. The van der Waals surface area contributed by atoms with Gasteiger partial charge in [-0.1, -0.05) is 67.6 Å². The van der Waals surface area contributed by atoms with Crippen molar-refractivity contribution >= 4 is 12.1 Å². The van der Waals surface area contributed by atoms with E-state index < -0.39 is 0 Å². The molecule has 1 saturated heterocycles. The van der Waals surface area contributed by atoms with E-state index in [9.17, 15) is 4.79 Å². The molecule has 2 aromatic carbocycles. The number of ether oxygens (including phenoxy) is 1. The molecule has 0 aliphatic carbocycles. The first kappa shape index (κ1) is 20.9. The number of hydrogen-bond donors (Lipinski definition) is 1. The number of aryl methyl sites for hydroxylation is 1. The van der Waals surface area contributed by atoms with Crippen LogP contribution in [0.4, 0.5) is 4.79 Å². The van der Waals surface area contributed by atoms with Gasteiger partial charge in [-0.3, -0.25) is 4.90 Å². The van der Waals surface area contributed by atoms with Gasteiger partial charge in [0.1, 0.15) is 12.4 Å². The standard InChI is InChI=1S/C24H31N3O2/c1-2-22-12-6-7-13-23(22)29-20-14-25-24(28)27-18-16-26(17-19-27)15-8-11-21-9-4-3-5-10-21/h3-13H,2,14-20H2,1H3,(H,25,28)/b11-8+. The highest BCUT2D eigenvalue weighted by atomic mass is 16.5. The van der Waals surface area contributed by atoms with Gasteiger partial charge in [-0.05, 0) is 23.6 Å². The average Bonchev–Trinajstić information content (AvgIpc) is 2.78. The van der Waals surface area contributed by atoms with Gasteiger partial charge in [-0.25, -0.2) is 4.79 Å². The molecule has 0 aromatic heterocycles. The highest BCUT2D eigenvalue weighted by molar-refractivity contribution is 5.74. The number of rotatable bonds is 8. The van der Waals surface area contributed by atoms with Gasteiger partial charge >= 0.3 is 6.03 Å². The summed E-state index contributed by atoms with van der Waals surface area (Å²) in [5, 5.41) is 2.97. The van der Waals surface area contributed by atoms with Crippen molar-refractivity contribution in [2.24, 2.45) is 0 Å². The van der Waals surface area contributed by atoms with Crippen LogP contribution in [0.3, 0.4) is 0 Å². The van der Waals surface area contributed by atoms with E-state index in [-0.39, 0.29) is 6.03 Å². The fraction of sp³-hybridized carbons (Fsp3) is 0.375. The second-order valence-corrected chi connectivity index (χ2v) is 7.14. The molecule has 29 heavy (non-hydrogen) atoms. The van der Waals surface area contributed by atoms with Crippen molar-refractivity contribution in [1.82, 2.24) is 15.1 Å². The average molecular weight is 394 g/mol. The first-order chi connectivity index (χ1) is 14.3. The molecule has 0 saturated carbocycles. The lowest BCUT2D eigenvalue weighted by atomic mass is 10.1. The molecule has 2 amide bonds. The first-order valence-electron chi connectivity index (χ1n) is 10.4. The predicted octanol–water partition coefficient (Wildman–Crippen LogP) is 3.67. The van der Waals surface area contributed by atoms with Crippen LogP contribution >= 0.6 is 0 Å². The van der Waals surface area contributed by atoms with Crippen LogP contribution in [0.1, 0.15) is 18.1 Å². The molecule has 0 atom stereocenters. The maximum absolute atomic E-state index is 12.4. The minimum atomic E-state index is -0.00291. The van der Waals surface area contributed by atoms with Crippen molar-refractivity contribution < 1.29 is 9.53 Å². The Hall–Kier alpha value is -2.79. The van der Waals surface area contributed by atoms with E-state index in [4.69, 9.17) is 4.74 Å². The summed E-state index contributed by atoms with van der Waals surface area (Å²) in [6, 6.07) is 18.4. The highest BCUT2D eigenvalue weighted by Gasteiger charge is 2.19. The Morgan fingerprint density at radius 3 is 2.52 bits per heavy atom. The van der Waals surface area contributed by atoms with E-state index in [1.807, 2.05) is 41.3 Å². The largest absolute Gasteiger partial charge is 0.491 e. The summed E-state index contributed by atoms with van der Waals surface area (Å²) in [7, 11) is 0. The van der Waals surface area contributed by atoms with E-state index in [1.165, 1.54) is 11.1 Å². The fourth-order valence-corrected chi connectivity index (χ4v) is 3.40. The van der Waals surface area contributed by atoms with Crippen LogP contribution in [-0.4, -0.2) is 61.7 Å². The quantitative estimate of drug-likeness (QED) is 0.696. The number of para-hydroxylation sites is 1. The molecule has 1 aliphatic rings. The van der Waals surface area contributed by atoms with Crippen LogP contribution in [0.2, 0.25) is 0 Å². The zero-order valence-electron chi connectivity index (χ0n) is 17.2. The maximum Gasteiger partial charge on any atom is 0.317 e. The van der Waals surface area contributed by atoms with Gasteiger partial charge in [-0.2, -0.15) is 0 Å². The Labute approximate surface area is 174 Å². The van der Waals surface area contributed by atoms with E-state index in [0.29, 0.717) is 13.2 Å². The zero-order chi connectivity index (χ0) is 20.3. The third-order valence-corrected chi connectivity index (χ3v) is 5.12. The lowest BCUT2D eigenvalue weighted by Crippen LogP contribution is -2.52. The number of nitrogens with zero attached hydrogens (tertiary/aromatic N) is 2. The number of carbonyl (C=O) groups is 1. The van der Waals surface area contributed by atoms with E-state index >= 15 is 0 Å². The van der Waals surface area contributed by atoms with E-state index in [1.54, 1.807) is 0 Å². The zero-order valence-corrected chi connectivity index (χ0v) is 17.2. The van der Waals surface area contributed by atoms with Crippen LogP contribution in [-0.2, 0) is 6.42 Å². The van der Waals surface area contributed by atoms with Gasteiger partial charge in [0, 0.05) is 32.7 Å². The first-order valence-corrected chi connectivity index (χ1v) is 10.4. The normalized spacial score (nSPS) is 14.9. The molecule has 154 valence electrons.